The summed E-state index contributed by atoms with van der Waals surface area (Å²) < 4.78 is 0. The van der Waals surface area contributed by atoms with E-state index in [1.54, 1.807) is 0 Å². The molecule has 0 spiro atoms. The van der Waals surface area contributed by atoms with Crippen LogP contribution in [0.15, 0.2) is 10.1 Å². The third-order valence-corrected chi connectivity index (χ3v) is 2.92. The molecule has 0 aromatic carbocycles. The quantitative estimate of drug-likeness (QED) is 0.676. The number of piperidine rings is 1. The smallest absolute Gasteiger partial charge is 0.0354 e. The second-order valence-electron chi connectivity index (χ2n) is 2.91. The van der Waals surface area contributed by atoms with Gasteiger partial charge in [0.2, 0.25) is 0 Å². The van der Waals surface area contributed by atoms with Gasteiger partial charge in [0.05, 0.1) is 0 Å². The van der Waals surface area contributed by atoms with Crippen molar-refractivity contribution in [2.75, 3.05) is 13.1 Å². The van der Waals surface area contributed by atoms with E-state index in [1.165, 1.54) is 0 Å². The van der Waals surface area contributed by atoms with Gasteiger partial charge in [-0.15, -0.1) is 0 Å². The van der Waals surface area contributed by atoms with Crippen molar-refractivity contribution in [1.29, 1.82) is 0 Å². The fraction of sp³-hybridized carbons (Fsp3) is 0.750. The molecule has 3 heteroatoms. The van der Waals surface area contributed by atoms with Gasteiger partial charge in [-0.05, 0) is 38.8 Å². The monoisotopic (exact) mass is 193 g/mol. The lowest BCUT2D eigenvalue weighted by molar-refractivity contribution is 0.430. The van der Waals surface area contributed by atoms with Gasteiger partial charge >= 0.3 is 0 Å². The van der Waals surface area contributed by atoms with Crippen molar-refractivity contribution in [1.82, 2.24) is 5.32 Å². The largest absolute Gasteiger partial charge is 0.317 e. The molecule has 64 valence electrons. The summed E-state index contributed by atoms with van der Waals surface area (Å²) in [5.74, 6) is 0.496. The zero-order chi connectivity index (χ0) is 8.27. The molecule has 0 amide bonds. The molecule has 1 nitrogen and oxygen atoms in total. The van der Waals surface area contributed by atoms with E-state index in [4.69, 9.17) is 23.2 Å². The number of hydrogen-bond donors (Lipinski definition) is 1. The summed E-state index contributed by atoms with van der Waals surface area (Å²) in [6.45, 7) is 3.97. The highest BCUT2D eigenvalue weighted by molar-refractivity contribution is 6.39. The maximum Gasteiger partial charge on any atom is 0.0354 e. The van der Waals surface area contributed by atoms with E-state index in [-0.39, 0.29) is 0 Å². The summed E-state index contributed by atoms with van der Waals surface area (Å²) in [6, 6.07) is 0. The molecule has 1 rings (SSSR count). The average Bonchev–Trinajstić information content (AvgIpc) is 2.05. The summed E-state index contributed by atoms with van der Waals surface area (Å²) in [7, 11) is 0. The molecule has 11 heavy (non-hydrogen) atoms. The van der Waals surface area contributed by atoms with Crippen LogP contribution in [0.25, 0.3) is 0 Å². The maximum absolute atomic E-state index is 6.01. The minimum absolute atomic E-state index is 0.496. The van der Waals surface area contributed by atoms with Crippen LogP contribution >= 0.6 is 23.2 Å². The van der Waals surface area contributed by atoms with Gasteiger partial charge < -0.3 is 5.32 Å². The van der Waals surface area contributed by atoms with Gasteiger partial charge in [0.1, 0.15) is 0 Å². The Bertz CT molecular complexity index is 155. The SMILES string of the molecule is C/C(Cl)=C(\Cl)C1CCNCC1. The van der Waals surface area contributed by atoms with Gasteiger partial charge in [-0.25, -0.2) is 0 Å². The Morgan fingerprint density at radius 1 is 1.27 bits per heavy atom. The summed E-state index contributed by atoms with van der Waals surface area (Å²) in [5.41, 5.74) is 0. The molecule has 0 unspecified atom stereocenters. The Kier molecular flexibility index (Phi) is 3.70. The molecule has 1 fully saturated rings. The Morgan fingerprint density at radius 3 is 2.27 bits per heavy atom. The Balaban J connectivity index is 2.52. The number of halogens is 2. The van der Waals surface area contributed by atoms with E-state index in [0.717, 1.165) is 36.0 Å². The molecule has 1 heterocycles. The normalized spacial score (nSPS) is 23.2. The number of allylic oxidation sites excluding steroid dienone is 2. The summed E-state index contributed by atoms with van der Waals surface area (Å²) in [6.07, 6.45) is 2.23. The fourth-order valence-electron chi connectivity index (χ4n) is 1.36. The zero-order valence-corrected chi connectivity index (χ0v) is 8.17. The predicted molar refractivity (Wildman–Crippen MR) is 50.0 cm³/mol. The topological polar surface area (TPSA) is 12.0 Å². The van der Waals surface area contributed by atoms with Crippen LogP contribution in [0.5, 0.6) is 0 Å². The van der Waals surface area contributed by atoms with Gasteiger partial charge in [-0.3, -0.25) is 0 Å². The average molecular weight is 194 g/mol. The lowest BCUT2D eigenvalue weighted by Gasteiger charge is -2.22. The first kappa shape index (κ1) is 9.37. The van der Waals surface area contributed by atoms with Crippen molar-refractivity contribution < 1.29 is 0 Å². The van der Waals surface area contributed by atoms with Crippen LogP contribution in [0.4, 0.5) is 0 Å². The minimum Gasteiger partial charge on any atom is -0.317 e. The Morgan fingerprint density at radius 2 is 1.82 bits per heavy atom. The highest BCUT2D eigenvalue weighted by Gasteiger charge is 2.17. The summed E-state index contributed by atoms with van der Waals surface area (Å²) in [4.78, 5) is 0. The van der Waals surface area contributed by atoms with Crippen LogP contribution in [0.2, 0.25) is 0 Å². The minimum atomic E-state index is 0.496. The maximum atomic E-state index is 6.01. The molecule has 0 aromatic rings. The van der Waals surface area contributed by atoms with E-state index in [2.05, 4.69) is 5.32 Å². The molecule has 0 atom stereocenters. The molecule has 1 saturated heterocycles. The molecular formula is C8H13Cl2N. The van der Waals surface area contributed by atoms with E-state index in [1.807, 2.05) is 6.92 Å². The van der Waals surface area contributed by atoms with Crippen LogP contribution < -0.4 is 5.32 Å². The van der Waals surface area contributed by atoms with Crippen LogP contribution in [0.1, 0.15) is 19.8 Å². The molecule has 0 saturated carbocycles. The first-order chi connectivity index (χ1) is 5.22. The van der Waals surface area contributed by atoms with Gasteiger partial charge in [-0.2, -0.15) is 0 Å². The predicted octanol–water partition coefficient (Wildman–Crippen LogP) is 2.70. The van der Waals surface area contributed by atoms with Crippen molar-refractivity contribution in [2.45, 2.75) is 19.8 Å². The Hall–Kier alpha value is 0.280. The molecule has 1 N–H and O–H groups in total. The van der Waals surface area contributed by atoms with Crippen molar-refractivity contribution in [3.05, 3.63) is 10.1 Å². The second-order valence-corrected chi connectivity index (χ2v) is 3.88. The van der Waals surface area contributed by atoms with Crippen molar-refractivity contribution in [2.24, 2.45) is 5.92 Å². The van der Waals surface area contributed by atoms with Crippen LogP contribution in [0.3, 0.4) is 0 Å². The van der Waals surface area contributed by atoms with Gasteiger partial charge in [0.15, 0.2) is 0 Å². The molecule has 0 aliphatic carbocycles. The zero-order valence-electron chi connectivity index (χ0n) is 6.66. The van der Waals surface area contributed by atoms with E-state index in [9.17, 15) is 0 Å². The Labute approximate surface area is 77.8 Å². The molecule has 1 aliphatic heterocycles. The van der Waals surface area contributed by atoms with Gasteiger partial charge in [0.25, 0.3) is 0 Å². The van der Waals surface area contributed by atoms with Crippen molar-refractivity contribution >= 4 is 23.2 Å². The van der Waals surface area contributed by atoms with E-state index >= 15 is 0 Å². The standard InChI is InChI=1S/C8H13Cl2N/c1-6(9)8(10)7-2-4-11-5-3-7/h7,11H,2-5H2,1H3/b8-6+. The van der Waals surface area contributed by atoms with Gasteiger partial charge in [-0.1, -0.05) is 23.2 Å². The molecule has 0 bridgehead atoms. The van der Waals surface area contributed by atoms with Crippen molar-refractivity contribution in [3.8, 4) is 0 Å². The number of rotatable bonds is 1. The highest BCUT2D eigenvalue weighted by Crippen LogP contribution is 2.28. The number of nitrogens with one attached hydrogen (secondary N) is 1. The lowest BCUT2D eigenvalue weighted by atomic mass is 9.97. The van der Waals surface area contributed by atoms with E-state index < -0.39 is 0 Å². The lowest BCUT2D eigenvalue weighted by Crippen LogP contribution is -2.27. The third kappa shape index (κ3) is 2.66. The molecular weight excluding hydrogens is 181 g/mol. The van der Waals surface area contributed by atoms with E-state index in [0.29, 0.717) is 5.92 Å². The molecule has 1 aliphatic rings. The number of hydrogen-bond acceptors (Lipinski definition) is 1. The van der Waals surface area contributed by atoms with Crippen LogP contribution in [-0.4, -0.2) is 13.1 Å². The highest BCUT2D eigenvalue weighted by atomic mass is 35.5. The first-order valence-electron chi connectivity index (χ1n) is 3.94. The van der Waals surface area contributed by atoms with Crippen LogP contribution in [0, 0.1) is 5.92 Å². The fourth-order valence-corrected chi connectivity index (χ4v) is 1.73. The third-order valence-electron chi connectivity index (χ3n) is 2.03. The first-order valence-corrected chi connectivity index (χ1v) is 4.70. The second kappa shape index (κ2) is 4.34. The molecule has 0 aromatic heterocycles. The van der Waals surface area contributed by atoms with Crippen molar-refractivity contribution in [3.63, 3.8) is 0 Å². The summed E-state index contributed by atoms with van der Waals surface area (Å²) >= 11 is 11.8. The van der Waals surface area contributed by atoms with Gasteiger partial charge in [0, 0.05) is 10.1 Å². The van der Waals surface area contributed by atoms with Crippen LogP contribution in [-0.2, 0) is 0 Å². The molecule has 0 radical (unpaired) electrons. The summed E-state index contributed by atoms with van der Waals surface area (Å²) in [5, 5.41) is 4.89.